The number of hydrogen-bond acceptors (Lipinski definition) is 2. The molecule has 3 nitrogen and oxygen atoms in total. The molecule has 3 heteroatoms. The third-order valence-electron chi connectivity index (χ3n) is 4.27. The van der Waals surface area contributed by atoms with Gasteiger partial charge in [0.15, 0.2) is 0 Å². The van der Waals surface area contributed by atoms with Gasteiger partial charge in [-0.25, -0.2) is 0 Å². The molecule has 100 valence electrons. The maximum absolute atomic E-state index is 12.5. The maximum Gasteiger partial charge on any atom is 0.229 e. The van der Waals surface area contributed by atoms with Crippen LogP contribution in [-0.4, -0.2) is 30.9 Å². The first-order valence-corrected chi connectivity index (χ1v) is 7.01. The Labute approximate surface area is 106 Å². The standard InChI is InChI=1S/C14H28N2O/c1-4-5-10-16(3)13(17)14(11-15)8-6-12(2)7-9-14/h12H,4-11,15H2,1-3H3. The minimum Gasteiger partial charge on any atom is -0.345 e. The summed E-state index contributed by atoms with van der Waals surface area (Å²) in [4.78, 5) is 14.4. The molecule has 1 fully saturated rings. The van der Waals surface area contributed by atoms with Gasteiger partial charge in [0.2, 0.25) is 5.91 Å². The van der Waals surface area contributed by atoms with Crippen molar-refractivity contribution in [3.8, 4) is 0 Å². The predicted octanol–water partition coefficient (Wildman–Crippen LogP) is 2.40. The minimum atomic E-state index is -0.255. The number of carbonyl (C=O) groups excluding carboxylic acids is 1. The fraction of sp³-hybridized carbons (Fsp3) is 0.929. The molecule has 0 aromatic carbocycles. The van der Waals surface area contributed by atoms with Crippen molar-refractivity contribution in [2.24, 2.45) is 17.1 Å². The highest BCUT2D eigenvalue weighted by molar-refractivity contribution is 5.82. The molecule has 0 aromatic heterocycles. The highest BCUT2D eigenvalue weighted by Crippen LogP contribution is 2.39. The average molecular weight is 240 g/mol. The van der Waals surface area contributed by atoms with Crippen molar-refractivity contribution in [2.45, 2.75) is 52.4 Å². The first-order chi connectivity index (χ1) is 8.05. The molecule has 1 aliphatic carbocycles. The van der Waals surface area contributed by atoms with E-state index in [2.05, 4.69) is 13.8 Å². The van der Waals surface area contributed by atoms with Gasteiger partial charge in [0, 0.05) is 20.1 Å². The Hall–Kier alpha value is -0.570. The molecule has 0 atom stereocenters. The van der Waals surface area contributed by atoms with Gasteiger partial charge < -0.3 is 10.6 Å². The topological polar surface area (TPSA) is 46.3 Å². The van der Waals surface area contributed by atoms with Crippen molar-refractivity contribution in [3.05, 3.63) is 0 Å². The number of amides is 1. The van der Waals surface area contributed by atoms with E-state index in [4.69, 9.17) is 5.73 Å². The van der Waals surface area contributed by atoms with E-state index < -0.39 is 0 Å². The van der Waals surface area contributed by atoms with Crippen molar-refractivity contribution in [2.75, 3.05) is 20.1 Å². The quantitative estimate of drug-likeness (QED) is 0.802. The molecule has 0 aromatic rings. The zero-order valence-electron chi connectivity index (χ0n) is 11.7. The van der Waals surface area contributed by atoms with E-state index in [1.54, 1.807) is 0 Å². The lowest BCUT2D eigenvalue weighted by Crippen LogP contribution is -2.48. The maximum atomic E-state index is 12.5. The fourth-order valence-electron chi connectivity index (χ4n) is 2.72. The van der Waals surface area contributed by atoms with Crippen LogP contribution in [0.1, 0.15) is 52.4 Å². The number of unbranched alkanes of at least 4 members (excludes halogenated alkanes) is 1. The molecule has 1 saturated carbocycles. The van der Waals surface area contributed by atoms with Gasteiger partial charge in [0.1, 0.15) is 0 Å². The third kappa shape index (κ3) is 3.44. The molecule has 1 amide bonds. The SMILES string of the molecule is CCCCN(C)C(=O)C1(CN)CCC(C)CC1. The molecule has 1 aliphatic rings. The first kappa shape index (κ1) is 14.5. The van der Waals surface area contributed by atoms with Gasteiger partial charge in [-0.2, -0.15) is 0 Å². The number of hydrogen-bond donors (Lipinski definition) is 1. The fourth-order valence-corrected chi connectivity index (χ4v) is 2.72. The van der Waals surface area contributed by atoms with Gasteiger partial charge in [-0.15, -0.1) is 0 Å². The van der Waals surface area contributed by atoms with Gasteiger partial charge in [0.25, 0.3) is 0 Å². The molecule has 0 saturated heterocycles. The van der Waals surface area contributed by atoms with E-state index in [1.807, 2.05) is 11.9 Å². The second-order valence-corrected chi connectivity index (χ2v) is 5.75. The minimum absolute atomic E-state index is 0.255. The van der Waals surface area contributed by atoms with Gasteiger partial charge in [-0.1, -0.05) is 20.3 Å². The molecule has 1 rings (SSSR count). The van der Waals surface area contributed by atoms with E-state index in [0.717, 1.165) is 51.0 Å². The number of nitrogens with two attached hydrogens (primary N) is 1. The Morgan fingerprint density at radius 1 is 1.41 bits per heavy atom. The summed E-state index contributed by atoms with van der Waals surface area (Å²) < 4.78 is 0. The van der Waals surface area contributed by atoms with Crippen molar-refractivity contribution in [1.82, 2.24) is 4.90 Å². The molecule has 2 N–H and O–H groups in total. The molecule has 0 bridgehead atoms. The lowest BCUT2D eigenvalue weighted by molar-refractivity contribution is -0.142. The van der Waals surface area contributed by atoms with Crippen LogP contribution < -0.4 is 5.73 Å². The van der Waals surface area contributed by atoms with Crippen LogP contribution in [0.15, 0.2) is 0 Å². The van der Waals surface area contributed by atoms with Gasteiger partial charge in [-0.3, -0.25) is 4.79 Å². The summed E-state index contributed by atoms with van der Waals surface area (Å²) in [7, 11) is 1.92. The largest absolute Gasteiger partial charge is 0.345 e. The summed E-state index contributed by atoms with van der Waals surface area (Å²) in [6, 6.07) is 0. The van der Waals surface area contributed by atoms with Crippen LogP contribution in [0.5, 0.6) is 0 Å². The van der Waals surface area contributed by atoms with Crippen molar-refractivity contribution < 1.29 is 4.79 Å². The lowest BCUT2D eigenvalue weighted by atomic mass is 9.70. The van der Waals surface area contributed by atoms with Crippen LogP contribution in [0.2, 0.25) is 0 Å². The van der Waals surface area contributed by atoms with Crippen molar-refractivity contribution >= 4 is 5.91 Å². The average Bonchev–Trinajstić information content (AvgIpc) is 2.36. The molecule has 0 heterocycles. The van der Waals surface area contributed by atoms with Crippen LogP contribution >= 0.6 is 0 Å². The zero-order chi connectivity index (χ0) is 12.9. The molecule has 0 aliphatic heterocycles. The third-order valence-corrected chi connectivity index (χ3v) is 4.27. The van der Waals surface area contributed by atoms with E-state index in [9.17, 15) is 4.79 Å². The Morgan fingerprint density at radius 2 is 2.00 bits per heavy atom. The predicted molar refractivity (Wildman–Crippen MR) is 71.7 cm³/mol. The smallest absolute Gasteiger partial charge is 0.229 e. The van der Waals surface area contributed by atoms with Gasteiger partial charge >= 0.3 is 0 Å². The Balaban J connectivity index is 2.62. The van der Waals surface area contributed by atoms with Crippen LogP contribution in [0, 0.1) is 11.3 Å². The summed E-state index contributed by atoms with van der Waals surface area (Å²) in [6.45, 7) is 5.80. The van der Waals surface area contributed by atoms with Gasteiger partial charge in [0.05, 0.1) is 5.41 Å². The van der Waals surface area contributed by atoms with Crippen LogP contribution in [0.4, 0.5) is 0 Å². The second kappa shape index (κ2) is 6.39. The number of carbonyl (C=O) groups is 1. The first-order valence-electron chi connectivity index (χ1n) is 7.01. The van der Waals surface area contributed by atoms with Crippen molar-refractivity contribution in [1.29, 1.82) is 0 Å². The molecule has 0 radical (unpaired) electrons. The van der Waals surface area contributed by atoms with Crippen LogP contribution in [0.25, 0.3) is 0 Å². The Kier molecular flexibility index (Phi) is 5.44. The zero-order valence-corrected chi connectivity index (χ0v) is 11.7. The Bertz CT molecular complexity index is 245. The highest BCUT2D eigenvalue weighted by Gasteiger charge is 2.41. The van der Waals surface area contributed by atoms with E-state index in [0.29, 0.717) is 6.54 Å². The lowest BCUT2D eigenvalue weighted by Gasteiger charge is -2.39. The molecule has 0 unspecified atom stereocenters. The van der Waals surface area contributed by atoms with Crippen LogP contribution in [0.3, 0.4) is 0 Å². The molecular weight excluding hydrogens is 212 g/mol. The van der Waals surface area contributed by atoms with Crippen molar-refractivity contribution in [3.63, 3.8) is 0 Å². The normalized spacial score (nSPS) is 29.1. The molecular formula is C14H28N2O. The van der Waals surface area contributed by atoms with E-state index in [-0.39, 0.29) is 11.3 Å². The summed E-state index contributed by atoms with van der Waals surface area (Å²) in [6.07, 6.45) is 6.44. The molecule has 17 heavy (non-hydrogen) atoms. The van der Waals surface area contributed by atoms with E-state index in [1.165, 1.54) is 0 Å². The monoisotopic (exact) mass is 240 g/mol. The van der Waals surface area contributed by atoms with Gasteiger partial charge in [-0.05, 0) is 38.0 Å². The second-order valence-electron chi connectivity index (χ2n) is 5.75. The summed E-state index contributed by atoms with van der Waals surface area (Å²) in [5, 5.41) is 0. The number of rotatable bonds is 5. The highest BCUT2D eigenvalue weighted by atomic mass is 16.2. The Morgan fingerprint density at radius 3 is 2.47 bits per heavy atom. The number of nitrogens with zero attached hydrogens (tertiary/aromatic N) is 1. The summed E-state index contributed by atoms with van der Waals surface area (Å²) in [5.41, 5.74) is 5.65. The van der Waals surface area contributed by atoms with Crippen LogP contribution in [-0.2, 0) is 4.79 Å². The molecule has 0 spiro atoms. The summed E-state index contributed by atoms with van der Waals surface area (Å²) in [5.74, 6) is 1.03. The van der Waals surface area contributed by atoms with E-state index >= 15 is 0 Å². The summed E-state index contributed by atoms with van der Waals surface area (Å²) >= 11 is 0.